The predicted octanol–water partition coefficient (Wildman–Crippen LogP) is -4.93. The van der Waals surface area contributed by atoms with E-state index in [2.05, 4.69) is 0 Å². The van der Waals surface area contributed by atoms with Crippen molar-refractivity contribution in [3.63, 3.8) is 0 Å². The summed E-state index contributed by atoms with van der Waals surface area (Å²) in [6.45, 7) is 2.70. The zero-order chi connectivity index (χ0) is 7.40. The van der Waals surface area contributed by atoms with Gasteiger partial charge in [0.15, 0.2) is 0 Å². The van der Waals surface area contributed by atoms with Gasteiger partial charge in [-0.3, -0.25) is 4.90 Å². The smallest absolute Gasteiger partial charge is 0.549 e. The van der Waals surface area contributed by atoms with Crippen LogP contribution in [0.2, 0.25) is 0 Å². The molecule has 1 saturated heterocycles. The molecule has 1 heterocycles. The molecule has 0 unspecified atom stereocenters. The Morgan fingerprint density at radius 3 is 2.45 bits per heavy atom. The van der Waals surface area contributed by atoms with Crippen molar-refractivity contribution in [1.82, 2.24) is 4.90 Å². The Labute approximate surface area is 108 Å². The Morgan fingerprint density at radius 2 is 2.00 bits per heavy atom. The van der Waals surface area contributed by atoms with Crippen LogP contribution in [0.5, 0.6) is 0 Å². The van der Waals surface area contributed by atoms with Gasteiger partial charge in [0.05, 0.1) is 19.2 Å². The van der Waals surface area contributed by atoms with Gasteiger partial charge in [0, 0.05) is 19.6 Å². The van der Waals surface area contributed by atoms with Crippen molar-refractivity contribution in [2.24, 2.45) is 0 Å². The molecule has 0 N–H and O–H groups in total. The first-order chi connectivity index (χ1) is 4.79. The zero-order valence-electron chi connectivity index (χ0n) is 6.71. The van der Waals surface area contributed by atoms with Crippen molar-refractivity contribution in [2.45, 2.75) is 0 Å². The van der Waals surface area contributed by atoms with Crippen molar-refractivity contribution >= 4 is 5.97 Å². The van der Waals surface area contributed by atoms with Gasteiger partial charge in [0.2, 0.25) is 0 Å². The molecule has 0 aromatic rings. The van der Waals surface area contributed by atoms with Crippen LogP contribution >= 0.6 is 0 Å². The Morgan fingerprint density at radius 1 is 1.45 bits per heavy atom. The normalized spacial score (nSPS) is 18.9. The van der Waals surface area contributed by atoms with E-state index in [0.29, 0.717) is 26.3 Å². The minimum absolute atomic E-state index is 0. The van der Waals surface area contributed by atoms with E-state index in [1.807, 2.05) is 0 Å². The second kappa shape index (κ2) is 6.53. The number of hydrogen-bond acceptors (Lipinski definition) is 4. The molecule has 4 nitrogen and oxygen atoms in total. The van der Waals surface area contributed by atoms with Gasteiger partial charge in [0.25, 0.3) is 0 Å². The summed E-state index contributed by atoms with van der Waals surface area (Å²) in [5.74, 6) is -1.01. The summed E-state index contributed by atoms with van der Waals surface area (Å²) in [7, 11) is 0. The molecule has 0 bridgehead atoms. The van der Waals surface area contributed by atoms with Gasteiger partial charge in [-0.25, -0.2) is 0 Å². The molecular weight excluding hydrogens is 173 g/mol. The fraction of sp³-hybridized carbons (Fsp3) is 0.833. The van der Waals surface area contributed by atoms with Crippen LogP contribution in [-0.4, -0.2) is 43.7 Å². The molecule has 1 aliphatic heterocycles. The van der Waals surface area contributed by atoms with Crippen LogP contribution in [0.1, 0.15) is 0 Å². The largest absolute Gasteiger partial charge is 1.00 e. The fourth-order valence-electron chi connectivity index (χ4n) is 0.942. The zero-order valence-corrected chi connectivity index (χ0v) is 9.83. The van der Waals surface area contributed by atoms with Gasteiger partial charge in [-0.15, -0.1) is 0 Å². The van der Waals surface area contributed by atoms with E-state index >= 15 is 0 Å². The Hall–Kier alpha value is 1.03. The fourth-order valence-corrected chi connectivity index (χ4v) is 0.942. The van der Waals surface area contributed by atoms with E-state index in [1.54, 1.807) is 4.90 Å². The van der Waals surface area contributed by atoms with Gasteiger partial charge in [-0.2, -0.15) is 0 Å². The first-order valence-corrected chi connectivity index (χ1v) is 3.29. The molecular formula is C6H10KNO3. The number of carboxylic acid groups (broad SMARTS) is 1. The molecule has 0 spiro atoms. The topological polar surface area (TPSA) is 52.6 Å². The number of nitrogens with zero attached hydrogens (tertiary/aromatic N) is 1. The molecule has 1 rings (SSSR count). The van der Waals surface area contributed by atoms with Crippen molar-refractivity contribution in [1.29, 1.82) is 0 Å². The molecule has 1 aliphatic rings. The minimum Gasteiger partial charge on any atom is -0.549 e. The van der Waals surface area contributed by atoms with Crippen molar-refractivity contribution in [2.75, 3.05) is 32.8 Å². The van der Waals surface area contributed by atoms with Crippen LogP contribution in [0.15, 0.2) is 0 Å². The maximum absolute atomic E-state index is 10.1. The third-order valence-corrected chi connectivity index (χ3v) is 1.46. The molecule has 0 amide bonds. The van der Waals surface area contributed by atoms with E-state index in [0.717, 1.165) is 0 Å². The van der Waals surface area contributed by atoms with Crippen LogP contribution in [0.25, 0.3) is 0 Å². The van der Waals surface area contributed by atoms with Crippen molar-refractivity contribution in [3.05, 3.63) is 0 Å². The number of rotatable bonds is 2. The number of carbonyl (C=O) groups is 1. The van der Waals surface area contributed by atoms with Gasteiger partial charge in [-0.05, 0) is 0 Å². The minimum atomic E-state index is -1.01. The van der Waals surface area contributed by atoms with E-state index in [4.69, 9.17) is 4.74 Å². The summed E-state index contributed by atoms with van der Waals surface area (Å²) < 4.78 is 5.03. The van der Waals surface area contributed by atoms with Crippen LogP contribution in [0.3, 0.4) is 0 Å². The van der Waals surface area contributed by atoms with Crippen molar-refractivity contribution in [3.8, 4) is 0 Å². The number of hydrogen-bond donors (Lipinski definition) is 0. The molecule has 5 heteroatoms. The molecule has 0 atom stereocenters. The summed E-state index contributed by atoms with van der Waals surface area (Å²) in [5, 5.41) is 10.1. The standard InChI is InChI=1S/C6H11NO3.K/c8-6(9)5-7-1-3-10-4-2-7;/h1-5H2,(H,8,9);/q;+1/p-1. The quantitative estimate of drug-likeness (QED) is 0.403. The summed E-state index contributed by atoms with van der Waals surface area (Å²) >= 11 is 0. The Kier molecular flexibility index (Phi) is 7.14. The maximum atomic E-state index is 10.1. The summed E-state index contributed by atoms with van der Waals surface area (Å²) in [4.78, 5) is 11.9. The monoisotopic (exact) mass is 183 g/mol. The number of ether oxygens (including phenoxy) is 1. The van der Waals surface area contributed by atoms with Gasteiger partial charge < -0.3 is 14.6 Å². The molecule has 0 saturated carbocycles. The number of carbonyl (C=O) groups excluding carboxylic acids is 1. The average Bonchev–Trinajstić information content (AvgIpc) is 1.88. The summed E-state index contributed by atoms with van der Waals surface area (Å²) in [6, 6.07) is 0. The first-order valence-electron chi connectivity index (χ1n) is 3.29. The molecule has 0 aromatic heterocycles. The molecule has 58 valence electrons. The third-order valence-electron chi connectivity index (χ3n) is 1.46. The van der Waals surface area contributed by atoms with Crippen LogP contribution in [-0.2, 0) is 9.53 Å². The Bertz CT molecular complexity index is 125. The van der Waals surface area contributed by atoms with Gasteiger partial charge in [0.1, 0.15) is 0 Å². The maximum Gasteiger partial charge on any atom is 1.00 e. The first kappa shape index (κ1) is 12.0. The van der Waals surface area contributed by atoms with Crippen LogP contribution in [0, 0.1) is 0 Å². The molecule has 0 radical (unpaired) electrons. The van der Waals surface area contributed by atoms with E-state index in [1.165, 1.54) is 0 Å². The SMILES string of the molecule is O=C([O-])CN1CCOCC1.[K+]. The van der Waals surface area contributed by atoms with Crippen LogP contribution in [0.4, 0.5) is 0 Å². The van der Waals surface area contributed by atoms with E-state index < -0.39 is 5.97 Å². The predicted molar refractivity (Wildman–Crippen MR) is 32.3 cm³/mol. The van der Waals surface area contributed by atoms with Gasteiger partial charge >= 0.3 is 51.4 Å². The van der Waals surface area contributed by atoms with Crippen LogP contribution < -0.4 is 56.5 Å². The molecule has 11 heavy (non-hydrogen) atoms. The summed E-state index contributed by atoms with van der Waals surface area (Å²) in [6.07, 6.45) is 0. The van der Waals surface area contributed by atoms with Crippen molar-refractivity contribution < 1.29 is 66.0 Å². The average molecular weight is 183 g/mol. The molecule has 1 fully saturated rings. The van der Waals surface area contributed by atoms with E-state index in [9.17, 15) is 9.90 Å². The van der Waals surface area contributed by atoms with E-state index in [-0.39, 0.29) is 57.9 Å². The second-order valence-electron chi connectivity index (χ2n) is 2.26. The third kappa shape index (κ3) is 5.29. The molecule has 0 aromatic carbocycles. The second-order valence-corrected chi connectivity index (χ2v) is 2.26. The molecule has 0 aliphatic carbocycles. The Balaban J connectivity index is 0.000001000. The number of aliphatic carboxylic acids is 1. The number of morpholine rings is 1. The summed E-state index contributed by atoms with van der Waals surface area (Å²) in [5.41, 5.74) is 0. The number of carboxylic acids is 1. The van der Waals surface area contributed by atoms with Gasteiger partial charge in [-0.1, -0.05) is 0 Å².